The molecule has 2 rings (SSSR count). The average Bonchev–Trinajstić information content (AvgIpc) is 2.58. The van der Waals surface area contributed by atoms with Crippen LogP contribution in [0.3, 0.4) is 0 Å². The lowest BCUT2D eigenvalue weighted by atomic mass is 10.1. The summed E-state index contributed by atoms with van der Waals surface area (Å²) < 4.78 is 0. The van der Waals surface area contributed by atoms with Gasteiger partial charge in [0.25, 0.3) is 0 Å². The van der Waals surface area contributed by atoms with Crippen molar-refractivity contribution in [3.05, 3.63) is 42.6 Å². The maximum Gasteiger partial charge on any atom is 0.0265 e. The molecular weight excluding hydrogens is 158 g/mol. The van der Waals surface area contributed by atoms with E-state index in [1.165, 1.54) is 22.9 Å². The van der Waals surface area contributed by atoms with E-state index < -0.39 is 0 Å². The van der Waals surface area contributed by atoms with Gasteiger partial charge in [-0.25, -0.2) is 0 Å². The summed E-state index contributed by atoms with van der Waals surface area (Å²) in [6.07, 6.45) is 6.68. The first-order chi connectivity index (χ1) is 6.42. The van der Waals surface area contributed by atoms with E-state index in [0.29, 0.717) is 0 Å². The quantitative estimate of drug-likeness (QED) is 0.729. The van der Waals surface area contributed by atoms with Crippen LogP contribution in [0.15, 0.2) is 30.5 Å². The molecule has 1 aromatic carbocycles. The summed E-state index contributed by atoms with van der Waals surface area (Å²) in [5, 5.41) is 2.63. The van der Waals surface area contributed by atoms with Gasteiger partial charge in [0.15, 0.2) is 0 Å². The van der Waals surface area contributed by atoms with Crippen LogP contribution >= 0.6 is 0 Å². The van der Waals surface area contributed by atoms with Crippen LogP contribution in [0.2, 0.25) is 0 Å². The zero-order valence-corrected chi connectivity index (χ0v) is 7.88. The van der Waals surface area contributed by atoms with Gasteiger partial charge in [-0.2, -0.15) is 0 Å². The highest BCUT2D eigenvalue weighted by Gasteiger charge is 2.00. The molecule has 0 aliphatic carbocycles. The number of aromatic amines is 1. The third-order valence-corrected chi connectivity index (χ3v) is 2.27. The summed E-state index contributed by atoms with van der Waals surface area (Å²) in [6, 6.07) is 8.45. The number of H-pyrrole nitrogens is 1. The van der Waals surface area contributed by atoms with Crippen molar-refractivity contribution in [2.45, 2.75) is 19.8 Å². The summed E-state index contributed by atoms with van der Waals surface area (Å²) in [5.41, 5.74) is 1.26. The summed E-state index contributed by atoms with van der Waals surface area (Å²) in [5.74, 6) is 0. The van der Waals surface area contributed by atoms with Gasteiger partial charge in [0.1, 0.15) is 0 Å². The van der Waals surface area contributed by atoms with Gasteiger partial charge in [-0.15, -0.1) is 0 Å². The van der Waals surface area contributed by atoms with Gasteiger partial charge in [-0.1, -0.05) is 37.6 Å². The Morgan fingerprint density at radius 1 is 1.31 bits per heavy atom. The molecule has 1 heterocycles. The second-order valence-electron chi connectivity index (χ2n) is 3.28. The van der Waals surface area contributed by atoms with E-state index in [-0.39, 0.29) is 0 Å². The van der Waals surface area contributed by atoms with E-state index in [9.17, 15) is 0 Å². The predicted octanol–water partition coefficient (Wildman–Crippen LogP) is 3.52. The minimum Gasteiger partial charge on any atom is -0.364 e. The minimum atomic E-state index is 1.14. The van der Waals surface area contributed by atoms with Crippen LogP contribution < -0.4 is 0 Å². The van der Waals surface area contributed by atoms with E-state index >= 15 is 0 Å². The van der Waals surface area contributed by atoms with E-state index in [1.807, 2.05) is 0 Å². The molecule has 0 aliphatic heterocycles. The third-order valence-electron chi connectivity index (χ3n) is 2.27. The number of fused-ring (bicyclic) bond motifs is 1. The lowest BCUT2D eigenvalue weighted by Crippen LogP contribution is -1.81. The number of nitrogens with one attached hydrogen (secondary N) is 1. The van der Waals surface area contributed by atoms with Gasteiger partial charge in [0.05, 0.1) is 0 Å². The third kappa shape index (κ3) is 1.59. The van der Waals surface area contributed by atoms with Crippen LogP contribution in [0.25, 0.3) is 10.8 Å². The molecule has 0 unspecified atom stereocenters. The zero-order valence-electron chi connectivity index (χ0n) is 7.88. The van der Waals surface area contributed by atoms with Crippen LogP contribution in [0, 0.1) is 6.42 Å². The van der Waals surface area contributed by atoms with E-state index in [4.69, 9.17) is 0 Å². The summed E-state index contributed by atoms with van der Waals surface area (Å²) in [6.45, 7) is 2.20. The molecule has 0 bridgehead atoms. The molecule has 0 saturated heterocycles. The van der Waals surface area contributed by atoms with Crippen molar-refractivity contribution >= 4 is 10.8 Å². The average molecular weight is 172 g/mol. The molecule has 0 atom stereocenters. The van der Waals surface area contributed by atoms with Crippen molar-refractivity contribution in [2.24, 2.45) is 0 Å². The van der Waals surface area contributed by atoms with Gasteiger partial charge >= 0.3 is 0 Å². The number of unbranched alkanes of at least 4 members (excludes halogenated alkanes) is 1. The Hall–Kier alpha value is -1.24. The molecule has 0 fully saturated rings. The van der Waals surface area contributed by atoms with Crippen LogP contribution in [0.4, 0.5) is 0 Å². The monoisotopic (exact) mass is 172 g/mol. The molecule has 1 nitrogen and oxygen atoms in total. The first-order valence-electron chi connectivity index (χ1n) is 4.81. The normalized spacial score (nSPS) is 10.8. The van der Waals surface area contributed by atoms with Crippen LogP contribution in [0.1, 0.15) is 25.5 Å². The van der Waals surface area contributed by atoms with Crippen molar-refractivity contribution in [1.29, 1.82) is 0 Å². The molecule has 1 radical (unpaired) electrons. The lowest BCUT2D eigenvalue weighted by molar-refractivity contribution is 0.907. The lowest BCUT2D eigenvalue weighted by Gasteiger charge is -1.96. The Bertz CT molecular complexity index is 387. The van der Waals surface area contributed by atoms with Crippen LogP contribution in [-0.2, 0) is 0 Å². The van der Waals surface area contributed by atoms with Gasteiger partial charge < -0.3 is 4.98 Å². The topological polar surface area (TPSA) is 15.8 Å². The van der Waals surface area contributed by atoms with Crippen LogP contribution in [0.5, 0.6) is 0 Å². The highest BCUT2D eigenvalue weighted by atomic mass is 14.7. The largest absolute Gasteiger partial charge is 0.364 e. The van der Waals surface area contributed by atoms with E-state index in [1.54, 1.807) is 0 Å². The fourth-order valence-electron chi connectivity index (χ4n) is 1.56. The second kappa shape index (κ2) is 3.65. The van der Waals surface area contributed by atoms with Crippen LogP contribution in [-0.4, -0.2) is 4.98 Å². The zero-order chi connectivity index (χ0) is 9.10. The molecule has 0 spiro atoms. The Morgan fingerprint density at radius 2 is 2.15 bits per heavy atom. The first kappa shape index (κ1) is 8.36. The summed E-state index contributed by atoms with van der Waals surface area (Å²) >= 11 is 0. The highest BCUT2D eigenvalue weighted by molar-refractivity contribution is 5.86. The van der Waals surface area contributed by atoms with Gasteiger partial charge in [0.2, 0.25) is 0 Å². The number of hydrogen-bond donors (Lipinski definition) is 1. The number of rotatable bonds is 3. The number of benzene rings is 1. The van der Waals surface area contributed by atoms with Crippen molar-refractivity contribution in [1.82, 2.24) is 4.98 Å². The van der Waals surface area contributed by atoms with Crippen molar-refractivity contribution in [3.8, 4) is 0 Å². The van der Waals surface area contributed by atoms with Crippen molar-refractivity contribution in [2.75, 3.05) is 0 Å². The molecule has 1 aromatic heterocycles. The Kier molecular flexibility index (Phi) is 2.35. The SMILES string of the molecule is CCC[CH]c1[nH]cc2ccccc12. The maximum absolute atomic E-state index is 3.29. The predicted molar refractivity (Wildman–Crippen MR) is 56.6 cm³/mol. The first-order valence-corrected chi connectivity index (χ1v) is 4.81. The number of hydrogen-bond acceptors (Lipinski definition) is 0. The second-order valence-corrected chi connectivity index (χ2v) is 3.28. The molecule has 67 valence electrons. The molecule has 0 amide bonds. The molecule has 1 heteroatoms. The Labute approximate surface area is 78.8 Å². The maximum atomic E-state index is 3.29. The standard InChI is InChI=1S/C12H14N/c1-2-3-8-12-11-7-5-4-6-10(11)9-13-12/h4-9,13H,2-3H2,1H3. The molecule has 0 aliphatic rings. The molecule has 13 heavy (non-hydrogen) atoms. The van der Waals surface area contributed by atoms with Gasteiger partial charge in [-0.05, 0) is 11.8 Å². The van der Waals surface area contributed by atoms with Gasteiger partial charge in [0, 0.05) is 23.7 Å². The molecule has 1 N–H and O–H groups in total. The molecule has 2 aromatic rings. The van der Waals surface area contributed by atoms with Gasteiger partial charge in [-0.3, -0.25) is 0 Å². The summed E-state index contributed by atoms with van der Waals surface area (Å²) in [4.78, 5) is 3.29. The number of aromatic nitrogens is 1. The molecular formula is C12H14N. The van der Waals surface area contributed by atoms with Crippen molar-refractivity contribution < 1.29 is 0 Å². The van der Waals surface area contributed by atoms with E-state index in [0.717, 1.165) is 6.42 Å². The highest BCUT2D eigenvalue weighted by Crippen LogP contribution is 2.20. The smallest absolute Gasteiger partial charge is 0.0265 e. The van der Waals surface area contributed by atoms with Crippen molar-refractivity contribution in [3.63, 3.8) is 0 Å². The van der Waals surface area contributed by atoms with E-state index in [2.05, 4.69) is 48.8 Å². The minimum absolute atomic E-state index is 1.14. The summed E-state index contributed by atoms with van der Waals surface area (Å²) in [7, 11) is 0. The fourth-order valence-corrected chi connectivity index (χ4v) is 1.56. The fraction of sp³-hybridized carbons (Fsp3) is 0.250. The Morgan fingerprint density at radius 3 is 3.00 bits per heavy atom. The molecule has 0 saturated carbocycles. The Balaban J connectivity index is 2.35.